The van der Waals surface area contributed by atoms with Gasteiger partial charge in [-0.3, -0.25) is 9.59 Å². The number of nitrogens with zero attached hydrogens (tertiary/aromatic N) is 2. The van der Waals surface area contributed by atoms with E-state index in [4.69, 9.17) is 25.8 Å². The zero-order valence-electron chi connectivity index (χ0n) is 17.8. The third-order valence-corrected chi connectivity index (χ3v) is 5.00. The highest BCUT2D eigenvalue weighted by Crippen LogP contribution is 2.37. The van der Waals surface area contributed by atoms with Crippen LogP contribution in [0.15, 0.2) is 64.6 Å². The van der Waals surface area contributed by atoms with Crippen LogP contribution in [0, 0.1) is 0 Å². The maximum absolute atomic E-state index is 12.8. The molecule has 0 atom stereocenters. The summed E-state index contributed by atoms with van der Waals surface area (Å²) in [5.74, 6) is 0.710. The van der Waals surface area contributed by atoms with E-state index in [-0.39, 0.29) is 12.1 Å². The van der Waals surface area contributed by atoms with E-state index in [0.717, 1.165) is 5.56 Å². The van der Waals surface area contributed by atoms with Crippen LogP contribution < -0.4 is 25.2 Å². The van der Waals surface area contributed by atoms with E-state index >= 15 is 0 Å². The number of halogens is 1. The molecular formula is C23H22ClN3O5. The lowest BCUT2D eigenvalue weighted by molar-refractivity contribution is 0.0953. The van der Waals surface area contributed by atoms with E-state index in [1.165, 1.54) is 38.2 Å². The standard InChI is InChI=1S/C23H22ClN3O5/c1-30-19-11-15(12-20(31-2)21(19)32-3)13-25-26-22(28)17-8-6-10-27(23(17)29)14-16-7-4-5-9-18(16)24/h4-13H,14H2,1-3H3,(H,26,28)/b25-13-. The second kappa shape index (κ2) is 10.5. The number of pyridine rings is 1. The first-order valence-corrected chi connectivity index (χ1v) is 9.92. The van der Waals surface area contributed by atoms with Crippen LogP contribution in [0.1, 0.15) is 21.5 Å². The number of hydrogen-bond acceptors (Lipinski definition) is 6. The van der Waals surface area contributed by atoms with Crippen LogP contribution in [0.5, 0.6) is 17.2 Å². The number of carbonyl (C=O) groups is 1. The molecule has 0 saturated carbocycles. The van der Waals surface area contributed by atoms with Gasteiger partial charge in [0.25, 0.3) is 11.5 Å². The molecule has 0 spiro atoms. The minimum absolute atomic E-state index is 0.0402. The first-order valence-electron chi connectivity index (χ1n) is 9.54. The van der Waals surface area contributed by atoms with Gasteiger partial charge in [-0.2, -0.15) is 5.10 Å². The number of amides is 1. The Morgan fingerprint density at radius 3 is 2.38 bits per heavy atom. The fourth-order valence-electron chi connectivity index (χ4n) is 3.05. The lowest BCUT2D eigenvalue weighted by Gasteiger charge is -2.12. The maximum Gasteiger partial charge on any atom is 0.276 e. The molecule has 0 saturated heterocycles. The molecule has 9 heteroatoms. The topological polar surface area (TPSA) is 91.2 Å². The SMILES string of the molecule is COc1cc(/C=N\NC(=O)c2cccn(Cc3ccccc3Cl)c2=O)cc(OC)c1OC. The molecule has 1 aromatic heterocycles. The van der Waals surface area contributed by atoms with Gasteiger partial charge < -0.3 is 18.8 Å². The van der Waals surface area contributed by atoms with Gasteiger partial charge >= 0.3 is 0 Å². The normalized spacial score (nSPS) is 10.8. The molecule has 2 aromatic carbocycles. The van der Waals surface area contributed by atoms with Gasteiger partial charge in [0, 0.05) is 16.8 Å². The average Bonchev–Trinajstić information content (AvgIpc) is 2.80. The zero-order valence-corrected chi connectivity index (χ0v) is 18.6. The summed E-state index contributed by atoms with van der Waals surface area (Å²) in [5, 5.41) is 4.49. The van der Waals surface area contributed by atoms with Crippen molar-refractivity contribution in [3.8, 4) is 17.2 Å². The number of ether oxygens (including phenoxy) is 3. The van der Waals surface area contributed by atoms with E-state index in [1.54, 1.807) is 30.5 Å². The highest BCUT2D eigenvalue weighted by atomic mass is 35.5. The summed E-state index contributed by atoms with van der Waals surface area (Å²) >= 11 is 6.18. The average molecular weight is 456 g/mol. The Bertz CT molecular complexity index is 1180. The maximum atomic E-state index is 12.8. The number of aromatic nitrogens is 1. The molecule has 1 N–H and O–H groups in total. The van der Waals surface area contributed by atoms with Crippen molar-refractivity contribution in [1.29, 1.82) is 0 Å². The van der Waals surface area contributed by atoms with Gasteiger partial charge in [0.1, 0.15) is 5.56 Å². The highest BCUT2D eigenvalue weighted by molar-refractivity contribution is 6.31. The van der Waals surface area contributed by atoms with Crippen molar-refractivity contribution in [2.75, 3.05) is 21.3 Å². The molecule has 1 heterocycles. The van der Waals surface area contributed by atoms with Gasteiger partial charge in [-0.15, -0.1) is 0 Å². The van der Waals surface area contributed by atoms with Gasteiger partial charge in [0.05, 0.1) is 34.1 Å². The fourth-order valence-corrected chi connectivity index (χ4v) is 3.24. The van der Waals surface area contributed by atoms with Crippen molar-refractivity contribution in [3.05, 3.63) is 86.8 Å². The number of rotatable bonds is 8. The Morgan fingerprint density at radius 1 is 1.06 bits per heavy atom. The first-order chi connectivity index (χ1) is 15.5. The molecule has 3 aromatic rings. The van der Waals surface area contributed by atoms with Crippen molar-refractivity contribution >= 4 is 23.7 Å². The second-order valence-corrected chi connectivity index (χ2v) is 7.01. The summed E-state index contributed by atoms with van der Waals surface area (Å²) in [6.45, 7) is 0.244. The predicted molar refractivity (Wildman–Crippen MR) is 122 cm³/mol. The zero-order chi connectivity index (χ0) is 23.1. The largest absolute Gasteiger partial charge is 0.493 e. The van der Waals surface area contributed by atoms with E-state index in [2.05, 4.69) is 10.5 Å². The molecule has 8 nitrogen and oxygen atoms in total. The summed E-state index contributed by atoms with van der Waals surface area (Å²) in [6.07, 6.45) is 3.01. The van der Waals surface area contributed by atoms with Crippen LogP contribution in [0.2, 0.25) is 5.02 Å². The van der Waals surface area contributed by atoms with Crippen molar-refractivity contribution in [3.63, 3.8) is 0 Å². The lowest BCUT2D eigenvalue weighted by Crippen LogP contribution is -2.31. The van der Waals surface area contributed by atoms with Crippen LogP contribution in [-0.2, 0) is 6.54 Å². The number of hydrogen-bond donors (Lipinski definition) is 1. The smallest absolute Gasteiger partial charge is 0.276 e. The van der Waals surface area contributed by atoms with Crippen LogP contribution in [-0.4, -0.2) is 38.0 Å². The molecule has 1 amide bonds. The Morgan fingerprint density at radius 2 is 1.75 bits per heavy atom. The first kappa shape index (κ1) is 22.9. The molecule has 0 aliphatic heterocycles. The lowest BCUT2D eigenvalue weighted by atomic mass is 10.2. The number of nitrogens with one attached hydrogen (secondary N) is 1. The molecule has 3 rings (SSSR count). The van der Waals surface area contributed by atoms with Gasteiger partial charge in [-0.1, -0.05) is 29.8 Å². The molecule has 166 valence electrons. The van der Waals surface area contributed by atoms with Gasteiger partial charge in [-0.05, 0) is 35.9 Å². The van der Waals surface area contributed by atoms with E-state index in [9.17, 15) is 9.59 Å². The molecular weight excluding hydrogens is 434 g/mol. The summed E-state index contributed by atoms with van der Waals surface area (Å²) in [6, 6.07) is 13.6. The molecule has 0 unspecified atom stereocenters. The number of hydrazone groups is 1. The quantitative estimate of drug-likeness (QED) is 0.415. The summed E-state index contributed by atoms with van der Waals surface area (Å²) < 4.78 is 17.3. The van der Waals surface area contributed by atoms with Crippen LogP contribution >= 0.6 is 11.6 Å². The molecule has 0 radical (unpaired) electrons. The van der Waals surface area contributed by atoms with E-state index in [0.29, 0.717) is 27.8 Å². The molecule has 32 heavy (non-hydrogen) atoms. The number of methoxy groups -OCH3 is 3. The minimum atomic E-state index is -0.632. The van der Waals surface area contributed by atoms with Crippen LogP contribution in [0.4, 0.5) is 0 Å². The Hall–Kier alpha value is -3.78. The van der Waals surface area contributed by atoms with Crippen molar-refractivity contribution in [2.24, 2.45) is 5.10 Å². The summed E-state index contributed by atoms with van der Waals surface area (Å²) in [5.41, 5.74) is 3.25. The number of benzene rings is 2. The van der Waals surface area contributed by atoms with Crippen molar-refractivity contribution in [2.45, 2.75) is 6.54 Å². The Balaban J connectivity index is 1.78. The molecule has 0 fully saturated rings. The van der Waals surface area contributed by atoms with E-state index in [1.807, 2.05) is 18.2 Å². The van der Waals surface area contributed by atoms with Crippen molar-refractivity contribution < 1.29 is 19.0 Å². The third kappa shape index (κ3) is 5.09. The third-order valence-electron chi connectivity index (χ3n) is 4.63. The molecule has 0 bridgehead atoms. The Labute approximate surface area is 190 Å². The predicted octanol–water partition coefficient (Wildman–Crippen LogP) is 3.34. The number of carbonyl (C=O) groups excluding carboxylic acids is 1. The molecule has 0 aliphatic rings. The van der Waals surface area contributed by atoms with Crippen LogP contribution in [0.25, 0.3) is 0 Å². The summed E-state index contributed by atoms with van der Waals surface area (Å²) in [7, 11) is 4.51. The fraction of sp³-hybridized carbons (Fsp3) is 0.174. The van der Waals surface area contributed by atoms with Gasteiger partial charge in [-0.25, -0.2) is 5.43 Å². The van der Waals surface area contributed by atoms with Gasteiger partial charge in [0.2, 0.25) is 5.75 Å². The highest BCUT2D eigenvalue weighted by Gasteiger charge is 2.14. The van der Waals surface area contributed by atoms with Crippen molar-refractivity contribution in [1.82, 2.24) is 9.99 Å². The second-order valence-electron chi connectivity index (χ2n) is 6.60. The van der Waals surface area contributed by atoms with Crippen LogP contribution in [0.3, 0.4) is 0 Å². The monoisotopic (exact) mass is 455 g/mol. The minimum Gasteiger partial charge on any atom is -0.493 e. The van der Waals surface area contributed by atoms with E-state index < -0.39 is 11.5 Å². The summed E-state index contributed by atoms with van der Waals surface area (Å²) in [4.78, 5) is 25.3. The molecule has 0 aliphatic carbocycles. The Kier molecular flexibility index (Phi) is 7.51. The van der Waals surface area contributed by atoms with Gasteiger partial charge in [0.15, 0.2) is 11.5 Å².